The standard InChI is InChI=1S/C26H38N4O/c1-6-20-12-13-22(26(20,4)5)27-25(31)23-21-17-29(16-18(2)3)14-15-30(21)24(28-23)19-10-8-7-9-11-19/h7-11,18,20,22H,6,12-17H2,1-5H3,(H,27,31). The molecule has 2 aliphatic rings. The highest BCUT2D eigenvalue weighted by atomic mass is 16.2. The predicted octanol–water partition coefficient (Wildman–Crippen LogP) is 4.97. The van der Waals surface area contributed by atoms with Gasteiger partial charge < -0.3 is 9.88 Å². The van der Waals surface area contributed by atoms with E-state index in [0.717, 1.165) is 49.7 Å². The van der Waals surface area contributed by atoms with Crippen molar-refractivity contribution < 1.29 is 4.79 Å². The molecule has 2 heterocycles. The van der Waals surface area contributed by atoms with E-state index in [1.165, 1.54) is 12.8 Å². The Labute approximate surface area is 187 Å². The third-order valence-electron chi connectivity index (χ3n) is 7.51. The number of carbonyl (C=O) groups is 1. The van der Waals surface area contributed by atoms with Crippen LogP contribution in [0.4, 0.5) is 0 Å². The minimum Gasteiger partial charge on any atom is -0.347 e. The summed E-state index contributed by atoms with van der Waals surface area (Å²) in [5, 5.41) is 3.39. The highest BCUT2D eigenvalue weighted by molar-refractivity contribution is 5.94. The van der Waals surface area contributed by atoms with Crippen molar-refractivity contribution in [3.05, 3.63) is 41.7 Å². The molecule has 2 atom stereocenters. The van der Waals surface area contributed by atoms with Gasteiger partial charge in [-0.2, -0.15) is 0 Å². The molecule has 5 nitrogen and oxygen atoms in total. The number of rotatable bonds is 6. The molecule has 0 radical (unpaired) electrons. The highest BCUT2D eigenvalue weighted by Crippen LogP contribution is 2.44. The zero-order valence-corrected chi connectivity index (χ0v) is 19.8. The first-order chi connectivity index (χ1) is 14.8. The van der Waals surface area contributed by atoms with Crippen molar-refractivity contribution in [3.8, 4) is 11.4 Å². The van der Waals surface area contributed by atoms with Crippen molar-refractivity contribution in [2.75, 3.05) is 13.1 Å². The molecule has 1 fully saturated rings. The van der Waals surface area contributed by atoms with Crippen LogP contribution in [0.5, 0.6) is 0 Å². The molecule has 4 rings (SSSR count). The van der Waals surface area contributed by atoms with Crippen molar-refractivity contribution in [1.29, 1.82) is 0 Å². The third-order valence-corrected chi connectivity index (χ3v) is 7.51. The molecule has 1 aromatic heterocycles. The summed E-state index contributed by atoms with van der Waals surface area (Å²) >= 11 is 0. The van der Waals surface area contributed by atoms with Gasteiger partial charge >= 0.3 is 0 Å². The maximum atomic E-state index is 13.5. The lowest BCUT2D eigenvalue weighted by molar-refractivity contribution is 0.0884. The second-order valence-electron chi connectivity index (χ2n) is 10.4. The molecule has 2 aromatic rings. The summed E-state index contributed by atoms with van der Waals surface area (Å²) in [5.74, 6) is 2.18. The van der Waals surface area contributed by atoms with E-state index in [0.29, 0.717) is 17.5 Å². The molecule has 1 aromatic carbocycles. The molecule has 1 N–H and O–H groups in total. The Balaban J connectivity index is 1.65. The van der Waals surface area contributed by atoms with Crippen LogP contribution in [0, 0.1) is 17.3 Å². The maximum Gasteiger partial charge on any atom is 0.272 e. The number of fused-ring (bicyclic) bond motifs is 1. The topological polar surface area (TPSA) is 50.2 Å². The molecule has 5 heteroatoms. The predicted molar refractivity (Wildman–Crippen MR) is 126 cm³/mol. The molecular formula is C26H38N4O. The first-order valence-electron chi connectivity index (χ1n) is 12.0. The Hall–Kier alpha value is -2.14. The van der Waals surface area contributed by atoms with Gasteiger partial charge in [-0.25, -0.2) is 4.98 Å². The van der Waals surface area contributed by atoms with Crippen molar-refractivity contribution in [2.24, 2.45) is 17.3 Å². The maximum absolute atomic E-state index is 13.5. The van der Waals surface area contributed by atoms with E-state index in [1.54, 1.807) is 0 Å². The van der Waals surface area contributed by atoms with E-state index in [4.69, 9.17) is 4.98 Å². The van der Waals surface area contributed by atoms with Gasteiger partial charge in [-0.15, -0.1) is 0 Å². The van der Waals surface area contributed by atoms with Crippen LogP contribution in [0.1, 0.15) is 70.1 Å². The molecule has 1 aliphatic heterocycles. The highest BCUT2D eigenvalue weighted by Gasteiger charge is 2.43. The van der Waals surface area contributed by atoms with Gasteiger partial charge in [0.2, 0.25) is 0 Å². The first kappa shape index (κ1) is 22.1. The van der Waals surface area contributed by atoms with Gasteiger partial charge in [0.15, 0.2) is 5.69 Å². The van der Waals surface area contributed by atoms with Crippen LogP contribution in [0.25, 0.3) is 11.4 Å². The summed E-state index contributed by atoms with van der Waals surface area (Å²) in [5.41, 5.74) is 2.87. The first-order valence-corrected chi connectivity index (χ1v) is 12.0. The SMILES string of the molecule is CCC1CCC(NC(=O)c2nc(-c3ccccc3)n3c2CN(CC(C)C)CC3)C1(C)C. The van der Waals surface area contributed by atoms with Crippen molar-refractivity contribution in [3.63, 3.8) is 0 Å². The van der Waals surface area contributed by atoms with Gasteiger partial charge in [-0.3, -0.25) is 9.69 Å². The van der Waals surface area contributed by atoms with Crippen LogP contribution in [-0.2, 0) is 13.1 Å². The number of benzene rings is 1. The average molecular weight is 423 g/mol. The molecule has 0 saturated heterocycles. The molecule has 0 spiro atoms. The Morgan fingerprint density at radius 3 is 2.58 bits per heavy atom. The van der Waals surface area contributed by atoms with Crippen LogP contribution in [-0.4, -0.2) is 39.5 Å². The minimum atomic E-state index is -0.00726. The summed E-state index contributed by atoms with van der Waals surface area (Å²) in [6.45, 7) is 15.1. The lowest BCUT2D eigenvalue weighted by Crippen LogP contribution is -2.44. The number of aromatic nitrogens is 2. The molecule has 2 unspecified atom stereocenters. The number of nitrogens with zero attached hydrogens (tertiary/aromatic N) is 3. The second-order valence-corrected chi connectivity index (χ2v) is 10.4. The normalized spacial score (nSPS) is 23.2. The fraction of sp³-hybridized carbons (Fsp3) is 0.615. The summed E-state index contributed by atoms with van der Waals surface area (Å²) < 4.78 is 2.27. The van der Waals surface area contributed by atoms with Gasteiger partial charge in [0, 0.05) is 37.8 Å². The number of imidazole rings is 1. The average Bonchev–Trinajstić information content (AvgIpc) is 3.25. The summed E-state index contributed by atoms with van der Waals surface area (Å²) in [6, 6.07) is 10.5. The van der Waals surface area contributed by atoms with Gasteiger partial charge in [0.05, 0.1) is 5.69 Å². The summed E-state index contributed by atoms with van der Waals surface area (Å²) in [7, 11) is 0. The van der Waals surface area contributed by atoms with Gasteiger partial charge in [0.1, 0.15) is 5.82 Å². The van der Waals surface area contributed by atoms with Crippen molar-refractivity contribution in [1.82, 2.24) is 19.8 Å². The van der Waals surface area contributed by atoms with E-state index in [-0.39, 0.29) is 17.4 Å². The van der Waals surface area contributed by atoms with Gasteiger partial charge in [-0.05, 0) is 30.1 Å². The van der Waals surface area contributed by atoms with Crippen LogP contribution in [0.15, 0.2) is 30.3 Å². The monoisotopic (exact) mass is 422 g/mol. The quantitative estimate of drug-likeness (QED) is 0.715. The number of hydrogen-bond acceptors (Lipinski definition) is 3. The van der Waals surface area contributed by atoms with Crippen LogP contribution >= 0.6 is 0 Å². The number of nitrogens with one attached hydrogen (secondary N) is 1. The molecule has 1 aliphatic carbocycles. The Morgan fingerprint density at radius 1 is 1.19 bits per heavy atom. The number of carbonyl (C=O) groups excluding carboxylic acids is 1. The summed E-state index contributed by atoms with van der Waals surface area (Å²) in [6.07, 6.45) is 3.41. The van der Waals surface area contributed by atoms with Crippen molar-refractivity contribution in [2.45, 2.75) is 73.0 Å². The Bertz CT molecular complexity index is 915. The minimum absolute atomic E-state index is 0.00726. The van der Waals surface area contributed by atoms with Gasteiger partial charge in [-0.1, -0.05) is 71.4 Å². The molecule has 0 bridgehead atoms. The molecule has 1 saturated carbocycles. The van der Waals surface area contributed by atoms with Gasteiger partial charge in [0.25, 0.3) is 5.91 Å². The Morgan fingerprint density at radius 2 is 1.94 bits per heavy atom. The molecule has 168 valence electrons. The number of amides is 1. The molecule has 1 amide bonds. The zero-order chi connectivity index (χ0) is 22.2. The van der Waals surface area contributed by atoms with Crippen molar-refractivity contribution >= 4 is 5.91 Å². The van der Waals surface area contributed by atoms with E-state index >= 15 is 0 Å². The largest absolute Gasteiger partial charge is 0.347 e. The molecule has 31 heavy (non-hydrogen) atoms. The molecular weight excluding hydrogens is 384 g/mol. The number of hydrogen-bond donors (Lipinski definition) is 1. The summed E-state index contributed by atoms with van der Waals surface area (Å²) in [4.78, 5) is 20.9. The van der Waals surface area contributed by atoms with E-state index in [1.807, 2.05) is 18.2 Å². The smallest absolute Gasteiger partial charge is 0.272 e. The van der Waals surface area contributed by atoms with E-state index < -0.39 is 0 Å². The van der Waals surface area contributed by atoms with Crippen LogP contribution in [0.2, 0.25) is 0 Å². The van der Waals surface area contributed by atoms with Crippen LogP contribution < -0.4 is 5.32 Å². The van der Waals surface area contributed by atoms with E-state index in [2.05, 4.69) is 61.5 Å². The fourth-order valence-electron chi connectivity index (χ4n) is 5.69. The Kier molecular flexibility index (Phi) is 6.25. The zero-order valence-electron chi connectivity index (χ0n) is 19.8. The fourth-order valence-corrected chi connectivity index (χ4v) is 5.69. The lowest BCUT2D eigenvalue weighted by atomic mass is 9.78. The van der Waals surface area contributed by atoms with Crippen LogP contribution in [0.3, 0.4) is 0 Å². The third kappa shape index (κ3) is 4.30. The second kappa shape index (κ2) is 8.78. The van der Waals surface area contributed by atoms with E-state index in [9.17, 15) is 4.79 Å². The lowest BCUT2D eigenvalue weighted by Gasteiger charge is -2.33.